The number of nitrogens with zero attached hydrogens (tertiary/aromatic N) is 2. The van der Waals surface area contributed by atoms with Crippen molar-refractivity contribution in [2.45, 2.75) is 27.7 Å². The van der Waals surface area contributed by atoms with E-state index in [0.29, 0.717) is 5.71 Å². The molecule has 0 bridgehead atoms. The van der Waals surface area contributed by atoms with Gasteiger partial charge < -0.3 is 9.80 Å². The highest BCUT2D eigenvalue weighted by atomic mass is 15.1. The van der Waals surface area contributed by atoms with Gasteiger partial charge in [0.25, 0.3) is 0 Å². The number of anilines is 2. The molecule has 0 aliphatic heterocycles. The molecule has 0 saturated heterocycles. The third-order valence-corrected chi connectivity index (χ3v) is 4.57. The van der Waals surface area contributed by atoms with Crippen molar-refractivity contribution in [3.05, 3.63) is 59.7 Å². The first-order valence-electron chi connectivity index (χ1n) is 8.93. The summed E-state index contributed by atoms with van der Waals surface area (Å²) in [5.74, 6) is 0. The molecule has 0 aliphatic carbocycles. The molecule has 3 nitrogen and oxygen atoms in total. The second kappa shape index (κ2) is 8.53. The zero-order valence-corrected chi connectivity index (χ0v) is 15.3. The van der Waals surface area contributed by atoms with Gasteiger partial charge in [-0.1, -0.05) is 24.3 Å². The SMILES string of the molecule is CCN(CC)c1ccc(C(=N)c2ccc(N(CC)CC)cc2)cc1. The molecular formula is C21H29N3. The van der Waals surface area contributed by atoms with Crippen LogP contribution in [-0.2, 0) is 0 Å². The molecule has 0 spiro atoms. The standard InChI is InChI=1S/C21H29N3/c1-5-23(6-2)19-13-9-17(10-14-19)21(22)18-11-15-20(16-12-18)24(7-3)8-4/h9-16,22H,5-8H2,1-4H3. The summed E-state index contributed by atoms with van der Waals surface area (Å²) in [4.78, 5) is 4.62. The van der Waals surface area contributed by atoms with Crippen LogP contribution in [0.2, 0.25) is 0 Å². The summed E-state index contributed by atoms with van der Waals surface area (Å²) < 4.78 is 0. The van der Waals surface area contributed by atoms with Crippen LogP contribution in [0.3, 0.4) is 0 Å². The van der Waals surface area contributed by atoms with Gasteiger partial charge in [0.05, 0.1) is 5.71 Å². The number of hydrogen-bond donors (Lipinski definition) is 1. The third-order valence-electron chi connectivity index (χ3n) is 4.57. The number of nitrogens with one attached hydrogen (secondary N) is 1. The lowest BCUT2D eigenvalue weighted by atomic mass is 10.0. The van der Waals surface area contributed by atoms with E-state index in [4.69, 9.17) is 5.41 Å². The molecule has 0 saturated carbocycles. The van der Waals surface area contributed by atoms with Crippen molar-refractivity contribution in [1.29, 1.82) is 5.41 Å². The monoisotopic (exact) mass is 323 g/mol. The number of benzene rings is 2. The van der Waals surface area contributed by atoms with Crippen LogP contribution < -0.4 is 9.80 Å². The topological polar surface area (TPSA) is 30.3 Å². The molecule has 128 valence electrons. The van der Waals surface area contributed by atoms with Crippen molar-refractivity contribution in [3.63, 3.8) is 0 Å². The molecule has 24 heavy (non-hydrogen) atoms. The Bertz CT molecular complexity index is 578. The van der Waals surface area contributed by atoms with E-state index in [1.54, 1.807) is 0 Å². The van der Waals surface area contributed by atoms with Crippen LogP contribution >= 0.6 is 0 Å². The van der Waals surface area contributed by atoms with Gasteiger partial charge in [0.2, 0.25) is 0 Å². The molecule has 0 heterocycles. The average molecular weight is 323 g/mol. The quantitative estimate of drug-likeness (QED) is 0.708. The van der Waals surface area contributed by atoms with Crippen LogP contribution in [0.1, 0.15) is 38.8 Å². The van der Waals surface area contributed by atoms with Gasteiger partial charge in [-0.05, 0) is 52.0 Å². The Morgan fingerprint density at radius 2 is 0.917 bits per heavy atom. The molecule has 0 amide bonds. The lowest BCUT2D eigenvalue weighted by Crippen LogP contribution is -2.22. The fourth-order valence-corrected chi connectivity index (χ4v) is 3.02. The van der Waals surface area contributed by atoms with E-state index in [1.807, 2.05) is 24.3 Å². The lowest BCUT2D eigenvalue weighted by molar-refractivity contribution is 0.866. The van der Waals surface area contributed by atoms with E-state index < -0.39 is 0 Å². The Labute approximate surface area is 146 Å². The summed E-state index contributed by atoms with van der Waals surface area (Å²) in [6.07, 6.45) is 0. The molecule has 0 radical (unpaired) electrons. The normalized spacial score (nSPS) is 10.5. The summed E-state index contributed by atoms with van der Waals surface area (Å²) >= 11 is 0. The van der Waals surface area contributed by atoms with E-state index in [1.165, 1.54) is 11.4 Å². The maximum absolute atomic E-state index is 8.48. The summed E-state index contributed by atoms with van der Waals surface area (Å²) in [6.45, 7) is 12.7. The number of hydrogen-bond acceptors (Lipinski definition) is 3. The zero-order valence-electron chi connectivity index (χ0n) is 15.3. The van der Waals surface area contributed by atoms with Crippen LogP contribution in [0.15, 0.2) is 48.5 Å². The minimum atomic E-state index is 0.576. The average Bonchev–Trinajstić information content (AvgIpc) is 2.64. The maximum Gasteiger partial charge on any atom is 0.0684 e. The molecule has 0 fully saturated rings. The van der Waals surface area contributed by atoms with Crippen LogP contribution in [0.25, 0.3) is 0 Å². The van der Waals surface area contributed by atoms with Crippen molar-refractivity contribution in [3.8, 4) is 0 Å². The Balaban J connectivity index is 2.16. The van der Waals surface area contributed by atoms with Gasteiger partial charge in [-0.3, -0.25) is 5.41 Å². The second-order valence-corrected chi connectivity index (χ2v) is 5.81. The van der Waals surface area contributed by atoms with E-state index >= 15 is 0 Å². The highest BCUT2D eigenvalue weighted by Gasteiger charge is 2.08. The molecule has 2 rings (SSSR count). The lowest BCUT2D eigenvalue weighted by Gasteiger charge is -2.22. The molecular weight excluding hydrogens is 294 g/mol. The van der Waals surface area contributed by atoms with E-state index in [2.05, 4.69) is 61.8 Å². The van der Waals surface area contributed by atoms with Crippen molar-refractivity contribution in [1.82, 2.24) is 0 Å². The Hall–Kier alpha value is -2.29. The molecule has 0 atom stereocenters. The van der Waals surface area contributed by atoms with Gasteiger partial charge in [-0.15, -0.1) is 0 Å². The summed E-state index contributed by atoms with van der Waals surface area (Å²) in [6, 6.07) is 16.6. The summed E-state index contributed by atoms with van der Waals surface area (Å²) in [5.41, 5.74) is 4.93. The largest absolute Gasteiger partial charge is 0.372 e. The first kappa shape index (κ1) is 18.1. The van der Waals surface area contributed by atoms with Crippen LogP contribution in [0, 0.1) is 5.41 Å². The summed E-state index contributed by atoms with van der Waals surface area (Å²) in [7, 11) is 0. The fourth-order valence-electron chi connectivity index (χ4n) is 3.02. The van der Waals surface area contributed by atoms with Gasteiger partial charge >= 0.3 is 0 Å². The molecule has 0 unspecified atom stereocenters. The minimum absolute atomic E-state index is 0.576. The molecule has 2 aromatic rings. The maximum atomic E-state index is 8.48. The highest BCUT2D eigenvalue weighted by molar-refractivity contribution is 6.11. The predicted octanol–water partition coefficient (Wildman–Crippen LogP) is 4.80. The Kier molecular flexibility index (Phi) is 6.42. The molecule has 3 heteroatoms. The molecule has 0 aliphatic rings. The van der Waals surface area contributed by atoms with E-state index in [-0.39, 0.29) is 0 Å². The van der Waals surface area contributed by atoms with Crippen molar-refractivity contribution in [2.75, 3.05) is 36.0 Å². The third kappa shape index (κ3) is 3.97. The van der Waals surface area contributed by atoms with Crippen LogP contribution in [-0.4, -0.2) is 31.9 Å². The second-order valence-electron chi connectivity index (χ2n) is 5.81. The Morgan fingerprint density at radius 3 is 1.17 bits per heavy atom. The predicted molar refractivity (Wildman–Crippen MR) is 106 cm³/mol. The van der Waals surface area contributed by atoms with Gasteiger partial charge in [-0.25, -0.2) is 0 Å². The van der Waals surface area contributed by atoms with Crippen molar-refractivity contribution >= 4 is 17.1 Å². The smallest absolute Gasteiger partial charge is 0.0684 e. The number of rotatable bonds is 8. The van der Waals surface area contributed by atoms with Crippen LogP contribution in [0.4, 0.5) is 11.4 Å². The molecule has 0 aromatic heterocycles. The van der Waals surface area contributed by atoms with E-state index in [9.17, 15) is 0 Å². The zero-order chi connectivity index (χ0) is 17.5. The van der Waals surface area contributed by atoms with Crippen molar-refractivity contribution in [2.24, 2.45) is 0 Å². The van der Waals surface area contributed by atoms with Crippen LogP contribution in [0.5, 0.6) is 0 Å². The molecule has 2 aromatic carbocycles. The summed E-state index contributed by atoms with van der Waals surface area (Å²) in [5, 5.41) is 8.48. The fraction of sp³-hybridized carbons (Fsp3) is 0.381. The van der Waals surface area contributed by atoms with Crippen molar-refractivity contribution < 1.29 is 0 Å². The first-order valence-corrected chi connectivity index (χ1v) is 8.93. The first-order chi connectivity index (χ1) is 11.6. The highest BCUT2D eigenvalue weighted by Crippen LogP contribution is 2.19. The Morgan fingerprint density at radius 1 is 0.625 bits per heavy atom. The minimum Gasteiger partial charge on any atom is -0.372 e. The van der Waals surface area contributed by atoms with Gasteiger partial charge in [-0.2, -0.15) is 0 Å². The van der Waals surface area contributed by atoms with Gasteiger partial charge in [0, 0.05) is 48.7 Å². The van der Waals surface area contributed by atoms with E-state index in [0.717, 1.165) is 37.3 Å². The van der Waals surface area contributed by atoms with Gasteiger partial charge in [0.15, 0.2) is 0 Å². The van der Waals surface area contributed by atoms with Gasteiger partial charge in [0.1, 0.15) is 0 Å². The molecule has 1 N–H and O–H groups in total.